The van der Waals surface area contributed by atoms with Crippen LogP contribution in [0.15, 0.2) is 24.3 Å². The van der Waals surface area contributed by atoms with Crippen LogP contribution in [0.5, 0.6) is 5.75 Å². The number of likely N-dealkylation sites (tertiary alicyclic amines) is 1. The Morgan fingerprint density at radius 2 is 2.00 bits per heavy atom. The molecule has 0 bridgehead atoms. The summed E-state index contributed by atoms with van der Waals surface area (Å²) in [5.41, 5.74) is 7.39. The Balaban J connectivity index is 1.91. The zero-order chi connectivity index (χ0) is 11.2. The summed E-state index contributed by atoms with van der Waals surface area (Å²) in [4.78, 5) is 2.34. The zero-order valence-corrected chi connectivity index (χ0v) is 9.65. The average molecular weight is 218 g/mol. The highest BCUT2D eigenvalue weighted by Gasteiger charge is 2.47. The lowest BCUT2D eigenvalue weighted by molar-refractivity contribution is 0.00754. The highest BCUT2D eigenvalue weighted by atomic mass is 16.5. The molecule has 1 aromatic carbocycles. The predicted molar refractivity (Wildman–Crippen MR) is 63.5 cm³/mol. The molecule has 1 atom stereocenters. The number of hydrogen-bond donors (Lipinski definition) is 1. The lowest BCUT2D eigenvalue weighted by Gasteiger charge is -2.39. The molecule has 0 aromatic heterocycles. The summed E-state index contributed by atoms with van der Waals surface area (Å²) in [6, 6.07) is 8.21. The van der Waals surface area contributed by atoms with Gasteiger partial charge >= 0.3 is 0 Å². The van der Waals surface area contributed by atoms with E-state index in [-0.39, 0.29) is 11.6 Å². The summed E-state index contributed by atoms with van der Waals surface area (Å²) in [6.07, 6.45) is 2.05. The molecular weight excluding hydrogens is 200 g/mol. The molecule has 1 aromatic rings. The van der Waals surface area contributed by atoms with Crippen LogP contribution in [0.2, 0.25) is 0 Å². The molecule has 0 amide bonds. The molecule has 2 heterocycles. The highest BCUT2D eigenvalue weighted by molar-refractivity contribution is 5.42. The molecule has 3 heteroatoms. The fourth-order valence-electron chi connectivity index (χ4n) is 2.81. The Bertz CT molecular complexity index is 397. The molecule has 2 aliphatic heterocycles. The molecule has 3 nitrogen and oxygen atoms in total. The Morgan fingerprint density at radius 1 is 1.31 bits per heavy atom. The first-order valence-corrected chi connectivity index (χ1v) is 5.93. The average Bonchev–Trinajstić information content (AvgIpc) is 2.58. The smallest absolute Gasteiger partial charge is 0.131 e. The topological polar surface area (TPSA) is 38.5 Å². The Labute approximate surface area is 96.2 Å². The van der Waals surface area contributed by atoms with Crippen molar-refractivity contribution < 1.29 is 4.74 Å². The molecule has 0 saturated carbocycles. The fourth-order valence-corrected chi connectivity index (χ4v) is 2.81. The molecular formula is C13H18N2O. The van der Waals surface area contributed by atoms with Crippen LogP contribution in [0.3, 0.4) is 0 Å². The number of ether oxygens (including phenoxy) is 1. The van der Waals surface area contributed by atoms with Crippen molar-refractivity contribution in [2.24, 2.45) is 5.73 Å². The number of fused-ring (bicyclic) bond motifs is 1. The van der Waals surface area contributed by atoms with Crippen molar-refractivity contribution in [2.75, 3.05) is 20.1 Å². The molecule has 86 valence electrons. The summed E-state index contributed by atoms with van der Waals surface area (Å²) in [5, 5.41) is 0. The van der Waals surface area contributed by atoms with Gasteiger partial charge in [-0.1, -0.05) is 18.2 Å². The van der Waals surface area contributed by atoms with Gasteiger partial charge in [0.15, 0.2) is 0 Å². The van der Waals surface area contributed by atoms with Gasteiger partial charge < -0.3 is 15.4 Å². The second kappa shape index (κ2) is 3.47. The van der Waals surface area contributed by atoms with Crippen LogP contribution in [-0.4, -0.2) is 30.6 Å². The number of nitrogens with zero attached hydrogens (tertiary/aromatic N) is 1. The normalized spacial score (nSPS) is 27.8. The number of rotatable bonds is 0. The second-order valence-corrected chi connectivity index (χ2v) is 4.99. The van der Waals surface area contributed by atoms with E-state index < -0.39 is 0 Å². The van der Waals surface area contributed by atoms with Crippen LogP contribution in [0.1, 0.15) is 24.4 Å². The van der Waals surface area contributed by atoms with E-state index in [9.17, 15) is 0 Å². The molecule has 2 aliphatic rings. The maximum atomic E-state index is 6.36. The van der Waals surface area contributed by atoms with Crippen LogP contribution in [0.4, 0.5) is 0 Å². The molecule has 1 saturated heterocycles. The first-order valence-electron chi connectivity index (χ1n) is 5.93. The molecule has 1 fully saturated rings. The lowest BCUT2D eigenvalue weighted by Crippen LogP contribution is -2.50. The van der Waals surface area contributed by atoms with Crippen LogP contribution < -0.4 is 10.5 Å². The second-order valence-electron chi connectivity index (χ2n) is 4.99. The number of hydrogen-bond acceptors (Lipinski definition) is 3. The minimum atomic E-state index is -0.143. The van der Waals surface area contributed by atoms with Crippen LogP contribution >= 0.6 is 0 Å². The van der Waals surface area contributed by atoms with E-state index in [0.717, 1.165) is 31.7 Å². The Hall–Kier alpha value is -1.06. The van der Waals surface area contributed by atoms with Gasteiger partial charge in [0.05, 0.1) is 6.04 Å². The molecule has 2 N–H and O–H groups in total. The SMILES string of the molecule is CN1CCC2(CC1)Oc1ccccc1C2N. The molecule has 0 radical (unpaired) electrons. The van der Waals surface area contributed by atoms with Crippen molar-refractivity contribution in [3.63, 3.8) is 0 Å². The third-order valence-corrected chi connectivity index (χ3v) is 3.97. The quantitative estimate of drug-likeness (QED) is 0.718. The van der Waals surface area contributed by atoms with E-state index >= 15 is 0 Å². The van der Waals surface area contributed by atoms with Gasteiger partial charge in [0, 0.05) is 31.5 Å². The first kappa shape index (κ1) is 10.1. The van der Waals surface area contributed by atoms with Gasteiger partial charge in [-0.3, -0.25) is 0 Å². The number of para-hydroxylation sites is 1. The Morgan fingerprint density at radius 3 is 2.69 bits per heavy atom. The monoisotopic (exact) mass is 218 g/mol. The molecule has 16 heavy (non-hydrogen) atoms. The lowest BCUT2D eigenvalue weighted by atomic mass is 9.83. The van der Waals surface area contributed by atoms with E-state index in [1.165, 1.54) is 5.56 Å². The van der Waals surface area contributed by atoms with Crippen molar-refractivity contribution >= 4 is 0 Å². The van der Waals surface area contributed by atoms with E-state index in [0.29, 0.717) is 0 Å². The third kappa shape index (κ3) is 1.35. The van der Waals surface area contributed by atoms with Gasteiger partial charge in [0.2, 0.25) is 0 Å². The molecule has 3 rings (SSSR count). The predicted octanol–water partition coefficient (Wildman–Crippen LogP) is 1.54. The zero-order valence-electron chi connectivity index (χ0n) is 9.65. The summed E-state index contributed by atoms with van der Waals surface area (Å²) >= 11 is 0. The summed E-state index contributed by atoms with van der Waals surface area (Å²) in [6.45, 7) is 2.14. The third-order valence-electron chi connectivity index (χ3n) is 3.97. The minimum absolute atomic E-state index is 0.0393. The minimum Gasteiger partial charge on any atom is -0.485 e. The number of benzene rings is 1. The van der Waals surface area contributed by atoms with E-state index in [1.807, 2.05) is 18.2 Å². The van der Waals surface area contributed by atoms with Gasteiger partial charge in [0.1, 0.15) is 11.4 Å². The summed E-state index contributed by atoms with van der Waals surface area (Å²) in [7, 11) is 2.15. The van der Waals surface area contributed by atoms with Crippen molar-refractivity contribution in [3.8, 4) is 5.75 Å². The van der Waals surface area contributed by atoms with Crippen LogP contribution in [0, 0.1) is 0 Å². The standard InChI is InChI=1S/C13H18N2O/c1-15-8-6-13(7-9-15)12(14)10-4-2-3-5-11(10)16-13/h2-5,12H,6-9,14H2,1H3. The van der Waals surface area contributed by atoms with Crippen LogP contribution in [0.25, 0.3) is 0 Å². The Kier molecular flexibility index (Phi) is 2.19. The molecule has 1 spiro atoms. The van der Waals surface area contributed by atoms with E-state index in [1.54, 1.807) is 0 Å². The summed E-state index contributed by atoms with van der Waals surface area (Å²) in [5.74, 6) is 0.986. The van der Waals surface area contributed by atoms with Gasteiger partial charge in [-0.05, 0) is 13.1 Å². The van der Waals surface area contributed by atoms with Crippen molar-refractivity contribution in [3.05, 3.63) is 29.8 Å². The maximum absolute atomic E-state index is 6.36. The maximum Gasteiger partial charge on any atom is 0.131 e. The first-order chi connectivity index (χ1) is 7.71. The van der Waals surface area contributed by atoms with Gasteiger partial charge in [-0.2, -0.15) is 0 Å². The number of nitrogens with two attached hydrogens (primary N) is 1. The van der Waals surface area contributed by atoms with Crippen molar-refractivity contribution in [1.82, 2.24) is 4.90 Å². The highest BCUT2D eigenvalue weighted by Crippen LogP contribution is 2.46. The molecule has 1 unspecified atom stereocenters. The van der Waals surface area contributed by atoms with Gasteiger partial charge in [-0.15, -0.1) is 0 Å². The van der Waals surface area contributed by atoms with Gasteiger partial charge in [0.25, 0.3) is 0 Å². The number of piperidine rings is 1. The van der Waals surface area contributed by atoms with Crippen molar-refractivity contribution in [1.29, 1.82) is 0 Å². The fraction of sp³-hybridized carbons (Fsp3) is 0.538. The summed E-state index contributed by atoms with van der Waals surface area (Å²) < 4.78 is 6.14. The van der Waals surface area contributed by atoms with Crippen LogP contribution in [-0.2, 0) is 0 Å². The van der Waals surface area contributed by atoms with E-state index in [4.69, 9.17) is 10.5 Å². The van der Waals surface area contributed by atoms with Gasteiger partial charge in [-0.25, -0.2) is 0 Å². The van der Waals surface area contributed by atoms with Crippen molar-refractivity contribution in [2.45, 2.75) is 24.5 Å². The van der Waals surface area contributed by atoms with E-state index in [2.05, 4.69) is 18.0 Å². The largest absolute Gasteiger partial charge is 0.485 e. The molecule has 0 aliphatic carbocycles.